The molecule has 0 amide bonds. The van der Waals surface area contributed by atoms with E-state index >= 15 is 0 Å². The molecule has 2 rings (SSSR count). The average Bonchev–Trinajstić information content (AvgIpc) is 3.09. The predicted molar refractivity (Wildman–Crippen MR) is 72.5 cm³/mol. The maximum absolute atomic E-state index is 11.4. The van der Waals surface area contributed by atoms with Gasteiger partial charge in [-0.05, 0) is 26.7 Å². The summed E-state index contributed by atoms with van der Waals surface area (Å²) >= 11 is 1.24. The van der Waals surface area contributed by atoms with Crippen molar-refractivity contribution in [3.8, 4) is 0 Å². The van der Waals surface area contributed by atoms with Gasteiger partial charge in [0.25, 0.3) is 5.56 Å². The Kier molecular flexibility index (Phi) is 3.96. The second kappa shape index (κ2) is 5.34. The van der Waals surface area contributed by atoms with Crippen LogP contribution in [0.15, 0.2) is 16.0 Å². The van der Waals surface area contributed by atoms with E-state index in [1.54, 1.807) is 13.8 Å². The lowest BCUT2D eigenvalue weighted by atomic mass is 10.1. The number of rotatable bonds is 6. The minimum Gasteiger partial charge on any atom is -0.480 e. The second-order valence-corrected chi connectivity index (χ2v) is 6.00. The lowest BCUT2D eigenvalue weighted by Crippen LogP contribution is -2.52. The van der Waals surface area contributed by atoms with Crippen LogP contribution in [0.4, 0.5) is 0 Å². The van der Waals surface area contributed by atoms with Crippen LogP contribution in [0.5, 0.6) is 0 Å². The zero-order valence-corrected chi connectivity index (χ0v) is 11.7. The van der Waals surface area contributed by atoms with Gasteiger partial charge in [0, 0.05) is 23.6 Å². The highest BCUT2D eigenvalue weighted by atomic mass is 32.2. The monoisotopic (exact) mass is 283 g/mol. The van der Waals surface area contributed by atoms with Crippen LogP contribution in [-0.2, 0) is 4.79 Å². The number of nitrogens with zero attached hydrogens (tertiary/aromatic N) is 1. The minimum atomic E-state index is -1.01. The Morgan fingerprint density at radius 1 is 1.68 bits per heavy atom. The van der Waals surface area contributed by atoms with Crippen LogP contribution in [0.1, 0.15) is 25.5 Å². The molecule has 0 aromatic carbocycles. The molecule has 3 N–H and O–H groups in total. The summed E-state index contributed by atoms with van der Waals surface area (Å²) < 4.78 is 0. The summed E-state index contributed by atoms with van der Waals surface area (Å²) in [6, 6.07) is 1.70. The molecule has 1 heterocycles. The van der Waals surface area contributed by atoms with Crippen molar-refractivity contribution < 1.29 is 9.90 Å². The summed E-state index contributed by atoms with van der Waals surface area (Å²) in [5.41, 5.74) is -0.602. The van der Waals surface area contributed by atoms with Crippen molar-refractivity contribution in [2.24, 2.45) is 0 Å². The first-order chi connectivity index (χ1) is 8.89. The van der Waals surface area contributed by atoms with Crippen LogP contribution < -0.4 is 10.9 Å². The van der Waals surface area contributed by atoms with Gasteiger partial charge in [-0.15, -0.1) is 0 Å². The third-order valence-electron chi connectivity index (χ3n) is 2.92. The number of hydrogen-bond acceptors (Lipinski definition) is 5. The van der Waals surface area contributed by atoms with Gasteiger partial charge in [-0.3, -0.25) is 14.9 Å². The number of aromatic nitrogens is 2. The fraction of sp³-hybridized carbons (Fsp3) is 0.583. The van der Waals surface area contributed by atoms with Crippen molar-refractivity contribution >= 4 is 17.7 Å². The number of aryl methyl sites for hydroxylation is 1. The number of thioether (sulfide) groups is 1. The summed E-state index contributed by atoms with van der Waals surface area (Å²) in [6.45, 7) is 3.40. The Morgan fingerprint density at radius 3 is 2.89 bits per heavy atom. The average molecular weight is 283 g/mol. The first kappa shape index (κ1) is 14.1. The van der Waals surface area contributed by atoms with E-state index in [1.807, 2.05) is 0 Å². The smallest absolute Gasteiger partial charge is 0.324 e. The van der Waals surface area contributed by atoms with Crippen LogP contribution in [0.25, 0.3) is 0 Å². The van der Waals surface area contributed by atoms with Gasteiger partial charge >= 0.3 is 5.97 Å². The van der Waals surface area contributed by atoms with Crippen molar-refractivity contribution in [2.45, 2.75) is 43.4 Å². The first-order valence-electron chi connectivity index (χ1n) is 6.11. The number of H-pyrrole nitrogens is 1. The van der Waals surface area contributed by atoms with E-state index in [1.165, 1.54) is 17.8 Å². The molecule has 1 atom stereocenters. The van der Waals surface area contributed by atoms with Crippen LogP contribution in [0, 0.1) is 6.92 Å². The number of carboxylic acid groups (broad SMARTS) is 1. The maximum Gasteiger partial charge on any atom is 0.324 e. The van der Waals surface area contributed by atoms with E-state index in [9.17, 15) is 14.7 Å². The highest BCUT2D eigenvalue weighted by Gasteiger charge is 2.38. The Balaban J connectivity index is 2.05. The number of carbonyl (C=O) groups is 1. The van der Waals surface area contributed by atoms with Gasteiger partial charge in [0.1, 0.15) is 5.54 Å². The molecule has 104 valence electrons. The zero-order valence-electron chi connectivity index (χ0n) is 10.9. The molecule has 6 nitrogen and oxygen atoms in total. The van der Waals surface area contributed by atoms with Gasteiger partial charge < -0.3 is 10.1 Å². The van der Waals surface area contributed by atoms with Crippen molar-refractivity contribution in [3.63, 3.8) is 0 Å². The molecule has 1 aromatic heterocycles. The van der Waals surface area contributed by atoms with E-state index in [2.05, 4.69) is 15.3 Å². The first-order valence-corrected chi connectivity index (χ1v) is 7.09. The lowest BCUT2D eigenvalue weighted by Gasteiger charge is -2.25. The number of aliphatic carboxylic acids is 1. The molecule has 19 heavy (non-hydrogen) atoms. The molecule has 0 saturated heterocycles. The van der Waals surface area contributed by atoms with Crippen LogP contribution in [0.2, 0.25) is 0 Å². The molecule has 7 heteroatoms. The van der Waals surface area contributed by atoms with Crippen molar-refractivity contribution in [3.05, 3.63) is 22.1 Å². The molecule has 1 unspecified atom stereocenters. The molecule has 1 aromatic rings. The summed E-state index contributed by atoms with van der Waals surface area (Å²) in [7, 11) is 0. The molecule has 0 spiro atoms. The fourth-order valence-corrected chi connectivity index (χ4v) is 2.69. The van der Waals surface area contributed by atoms with Crippen LogP contribution in [0.3, 0.4) is 0 Å². The molecule has 0 radical (unpaired) electrons. The summed E-state index contributed by atoms with van der Waals surface area (Å²) in [6.07, 6.45) is 2.04. The molecular weight excluding hydrogens is 266 g/mol. The number of aromatic amines is 1. The minimum absolute atomic E-state index is 0.220. The van der Waals surface area contributed by atoms with Gasteiger partial charge in [-0.1, -0.05) is 11.8 Å². The van der Waals surface area contributed by atoms with Crippen LogP contribution in [-0.4, -0.2) is 38.4 Å². The van der Waals surface area contributed by atoms with Gasteiger partial charge in [-0.2, -0.15) is 0 Å². The van der Waals surface area contributed by atoms with E-state index < -0.39 is 11.5 Å². The van der Waals surface area contributed by atoms with E-state index in [0.717, 1.165) is 12.8 Å². The van der Waals surface area contributed by atoms with Crippen molar-refractivity contribution in [1.82, 2.24) is 15.3 Å². The quantitative estimate of drug-likeness (QED) is 0.527. The molecule has 1 fully saturated rings. The molecular formula is C12H17N3O3S. The standard InChI is InChI=1S/C12H17N3O3S/c1-7-5-9(16)14-11(13-7)19-6-12(2,10(17)18)15-8-3-4-8/h5,8,15H,3-4,6H2,1-2H3,(H,17,18)(H,13,14,16). The largest absolute Gasteiger partial charge is 0.480 e. The SMILES string of the molecule is Cc1cc(=O)[nH]c(SCC(C)(NC2CC2)C(=O)O)n1. The summed E-state index contributed by atoms with van der Waals surface area (Å²) in [4.78, 5) is 29.5. The Hall–Kier alpha value is -1.34. The highest BCUT2D eigenvalue weighted by molar-refractivity contribution is 7.99. The molecule has 1 saturated carbocycles. The third-order valence-corrected chi connectivity index (χ3v) is 4.11. The lowest BCUT2D eigenvalue weighted by molar-refractivity contribution is -0.143. The van der Waals surface area contributed by atoms with Gasteiger partial charge in [0.15, 0.2) is 5.16 Å². The second-order valence-electron chi connectivity index (χ2n) is 5.04. The fourth-order valence-electron chi connectivity index (χ4n) is 1.68. The van der Waals surface area contributed by atoms with E-state index in [-0.39, 0.29) is 5.56 Å². The molecule has 0 aliphatic heterocycles. The third kappa shape index (κ3) is 3.81. The van der Waals surface area contributed by atoms with E-state index in [4.69, 9.17) is 0 Å². The van der Waals surface area contributed by atoms with Gasteiger partial charge in [0.2, 0.25) is 0 Å². The Morgan fingerprint density at radius 2 is 2.37 bits per heavy atom. The highest BCUT2D eigenvalue weighted by Crippen LogP contribution is 2.26. The number of carboxylic acids is 1. The molecule has 1 aliphatic carbocycles. The van der Waals surface area contributed by atoms with Gasteiger partial charge in [-0.25, -0.2) is 4.98 Å². The van der Waals surface area contributed by atoms with Crippen LogP contribution >= 0.6 is 11.8 Å². The van der Waals surface area contributed by atoms with Crippen molar-refractivity contribution in [2.75, 3.05) is 5.75 Å². The maximum atomic E-state index is 11.4. The summed E-state index contributed by atoms with van der Waals surface area (Å²) in [5.74, 6) is -0.576. The Bertz CT molecular complexity index is 541. The predicted octanol–water partition coefficient (Wildman–Crippen LogP) is 0.766. The summed E-state index contributed by atoms with van der Waals surface area (Å²) in [5, 5.41) is 12.9. The van der Waals surface area contributed by atoms with Gasteiger partial charge in [0.05, 0.1) is 0 Å². The topological polar surface area (TPSA) is 95.1 Å². The number of hydrogen-bond donors (Lipinski definition) is 3. The zero-order chi connectivity index (χ0) is 14.0. The Labute approximate surface area is 115 Å². The molecule has 1 aliphatic rings. The molecule has 0 bridgehead atoms. The van der Waals surface area contributed by atoms with Crippen molar-refractivity contribution in [1.29, 1.82) is 0 Å². The van der Waals surface area contributed by atoms with E-state index in [0.29, 0.717) is 22.6 Å². The number of nitrogens with one attached hydrogen (secondary N) is 2. The normalized spacial score (nSPS) is 18.0.